The summed E-state index contributed by atoms with van der Waals surface area (Å²) in [5.41, 5.74) is -2.23. The van der Waals surface area contributed by atoms with Gasteiger partial charge >= 0.3 is 6.18 Å². The van der Waals surface area contributed by atoms with Crippen LogP contribution in [0.25, 0.3) is 0 Å². The Hall–Kier alpha value is -1.73. The highest BCUT2D eigenvalue weighted by Crippen LogP contribution is 2.31. The fourth-order valence-corrected chi connectivity index (χ4v) is 1.60. The van der Waals surface area contributed by atoms with Gasteiger partial charge in [0, 0.05) is 27.2 Å². The molecule has 0 saturated carbocycles. The average Bonchev–Trinajstić information content (AvgIpc) is 2.56. The van der Waals surface area contributed by atoms with Gasteiger partial charge in [0.05, 0.1) is 0 Å². The Bertz CT molecular complexity index is 478. The van der Waals surface area contributed by atoms with Gasteiger partial charge in [-0.15, -0.1) is 5.10 Å². The van der Waals surface area contributed by atoms with Crippen molar-refractivity contribution in [3.63, 3.8) is 0 Å². The van der Waals surface area contributed by atoms with Gasteiger partial charge in [-0.1, -0.05) is 0 Å². The lowest BCUT2D eigenvalue weighted by molar-refractivity contribution is -0.143. The minimum Gasteiger partial charge on any atom is -0.460 e. The summed E-state index contributed by atoms with van der Waals surface area (Å²) in [6, 6.07) is 0.769. The van der Waals surface area contributed by atoms with Crippen molar-refractivity contribution in [2.75, 3.05) is 14.1 Å². The first-order chi connectivity index (χ1) is 8.45. The number of aromatic nitrogens is 2. The number of hydrogen-bond acceptors (Lipinski definition) is 3. The Morgan fingerprint density at radius 1 is 1.37 bits per heavy atom. The van der Waals surface area contributed by atoms with E-state index in [1.54, 1.807) is 0 Å². The van der Waals surface area contributed by atoms with Crippen LogP contribution >= 0.6 is 0 Å². The minimum atomic E-state index is -4.51. The molecule has 0 bridgehead atoms. The third kappa shape index (κ3) is 3.39. The third-order valence-electron chi connectivity index (χ3n) is 2.43. The summed E-state index contributed by atoms with van der Waals surface area (Å²) in [7, 11) is 4.23. The van der Waals surface area contributed by atoms with Crippen LogP contribution in [-0.2, 0) is 18.0 Å². The monoisotopic (exact) mass is 279 g/mol. The van der Waals surface area contributed by atoms with Crippen molar-refractivity contribution in [3.8, 4) is 5.88 Å². The summed E-state index contributed by atoms with van der Waals surface area (Å²) >= 11 is 0. The van der Waals surface area contributed by atoms with E-state index in [-0.39, 0.29) is 11.8 Å². The number of carbonyl (C=O) groups excluding carboxylic acids is 1. The molecule has 1 amide bonds. The van der Waals surface area contributed by atoms with Crippen molar-refractivity contribution in [2.45, 2.75) is 25.6 Å². The van der Waals surface area contributed by atoms with Crippen LogP contribution in [-0.4, -0.2) is 40.3 Å². The summed E-state index contributed by atoms with van der Waals surface area (Å²) in [5, 5.41) is 3.61. The van der Waals surface area contributed by atoms with Crippen LogP contribution in [0, 0.1) is 0 Å². The van der Waals surface area contributed by atoms with Crippen molar-refractivity contribution in [1.82, 2.24) is 14.7 Å². The molecule has 0 atom stereocenters. The number of nitrogens with zero attached hydrogens (tertiary/aromatic N) is 3. The predicted octanol–water partition coefficient (Wildman–Crippen LogP) is 1.68. The molecule has 0 aliphatic rings. The van der Waals surface area contributed by atoms with E-state index in [9.17, 15) is 18.0 Å². The van der Waals surface area contributed by atoms with Gasteiger partial charge in [0.25, 0.3) is 5.91 Å². The van der Waals surface area contributed by atoms with Crippen LogP contribution in [0.5, 0.6) is 5.88 Å². The van der Waals surface area contributed by atoms with Crippen LogP contribution in [0.4, 0.5) is 13.2 Å². The van der Waals surface area contributed by atoms with Gasteiger partial charge in [-0.25, -0.2) is 0 Å². The summed E-state index contributed by atoms with van der Waals surface area (Å²) in [6.45, 7) is 2.94. The molecule has 1 rings (SSSR count). The van der Waals surface area contributed by atoms with Crippen LogP contribution in [0.3, 0.4) is 0 Å². The molecule has 0 spiro atoms. The standard InChI is InChI=1S/C11H16F3N3O2/c1-10(2,9(18)16(3)4)19-8-6-7(11(12,13)14)17(5)15-8/h6H,1-5H3. The zero-order valence-electron chi connectivity index (χ0n) is 11.4. The zero-order valence-corrected chi connectivity index (χ0v) is 11.4. The number of hydrogen-bond donors (Lipinski definition) is 0. The molecular weight excluding hydrogens is 263 g/mol. The van der Waals surface area contributed by atoms with Crippen molar-refractivity contribution >= 4 is 5.91 Å². The van der Waals surface area contributed by atoms with Gasteiger partial charge in [0.15, 0.2) is 5.60 Å². The minimum absolute atomic E-state index is 0.241. The largest absolute Gasteiger partial charge is 0.460 e. The molecule has 0 N–H and O–H groups in total. The molecule has 108 valence electrons. The van der Waals surface area contributed by atoms with Crippen molar-refractivity contribution in [3.05, 3.63) is 11.8 Å². The summed E-state index contributed by atoms with van der Waals surface area (Å²) < 4.78 is 43.7. The maximum atomic E-state index is 12.6. The lowest BCUT2D eigenvalue weighted by Gasteiger charge is -2.26. The van der Waals surface area contributed by atoms with E-state index < -0.39 is 17.5 Å². The van der Waals surface area contributed by atoms with Gasteiger partial charge < -0.3 is 9.64 Å². The number of carbonyl (C=O) groups is 1. The first kappa shape index (κ1) is 15.3. The summed E-state index contributed by atoms with van der Waals surface area (Å²) in [4.78, 5) is 13.1. The molecule has 0 aliphatic carbocycles. The van der Waals surface area contributed by atoms with E-state index >= 15 is 0 Å². The quantitative estimate of drug-likeness (QED) is 0.846. The average molecular weight is 279 g/mol. The SMILES string of the molecule is CN(C)C(=O)C(C)(C)Oc1cc(C(F)(F)F)n(C)n1. The molecule has 1 aromatic rings. The van der Waals surface area contributed by atoms with Crippen molar-refractivity contribution in [2.24, 2.45) is 7.05 Å². The molecule has 0 aromatic carbocycles. The maximum Gasteiger partial charge on any atom is 0.433 e. The molecule has 8 heteroatoms. The molecule has 1 aromatic heterocycles. The van der Waals surface area contributed by atoms with Gasteiger partial charge in [0.2, 0.25) is 5.88 Å². The molecule has 5 nitrogen and oxygen atoms in total. The lowest BCUT2D eigenvalue weighted by atomic mass is 10.1. The van der Waals surface area contributed by atoms with E-state index in [0.717, 1.165) is 13.1 Å². The molecule has 1 heterocycles. The highest BCUT2D eigenvalue weighted by Gasteiger charge is 2.37. The van der Waals surface area contributed by atoms with E-state index in [2.05, 4.69) is 5.10 Å². The Morgan fingerprint density at radius 3 is 2.26 bits per heavy atom. The zero-order chi connectivity index (χ0) is 15.0. The van der Waals surface area contributed by atoms with Gasteiger partial charge in [0.1, 0.15) is 5.69 Å². The Labute approximate surface area is 108 Å². The van der Waals surface area contributed by atoms with Crippen molar-refractivity contribution in [1.29, 1.82) is 0 Å². The van der Waals surface area contributed by atoms with Crippen molar-refractivity contribution < 1.29 is 22.7 Å². The normalized spacial score (nSPS) is 12.4. The molecule has 0 aliphatic heterocycles. The highest BCUT2D eigenvalue weighted by molar-refractivity contribution is 5.84. The molecule has 19 heavy (non-hydrogen) atoms. The van der Waals surface area contributed by atoms with Gasteiger partial charge in [-0.05, 0) is 13.8 Å². The predicted molar refractivity (Wildman–Crippen MR) is 61.6 cm³/mol. The van der Waals surface area contributed by atoms with Crippen LogP contribution in [0.2, 0.25) is 0 Å². The summed E-state index contributed by atoms with van der Waals surface area (Å²) in [6.07, 6.45) is -4.51. The second-order valence-corrected chi connectivity index (χ2v) is 4.80. The Balaban J connectivity index is 2.99. The lowest BCUT2D eigenvalue weighted by Crippen LogP contribution is -2.45. The van der Waals surface area contributed by atoms with Gasteiger partial charge in [-0.3, -0.25) is 9.48 Å². The molecule has 0 radical (unpaired) electrons. The molecule has 0 saturated heterocycles. The number of amides is 1. The second-order valence-electron chi connectivity index (χ2n) is 4.80. The van der Waals surface area contributed by atoms with Crippen LogP contribution < -0.4 is 4.74 Å². The topological polar surface area (TPSA) is 47.4 Å². The van der Waals surface area contributed by atoms with Crippen LogP contribution in [0.15, 0.2) is 6.07 Å². The fraction of sp³-hybridized carbons (Fsp3) is 0.636. The second kappa shape index (κ2) is 4.75. The smallest absolute Gasteiger partial charge is 0.433 e. The van der Waals surface area contributed by atoms with Crippen LogP contribution in [0.1, 0.15) is 19.5 Å². The summed E-state index contributed by atoms with van der Waals surface area (Å²) in [5.74, 6) is -0.610. The highest BCUT2D eigenvalue weighted by atomic mass is 19.4. The number of alkyl halides is 3. The third-order valence-corrected chi connectivity index (χ3v) is 2.43. The maximum absolute atomic E-state index is 12.6. The van der Waals surface area contributed by atoms with E-state index in [4.69, 9.17) is 4.74 Å². The molecular formula is C11H16F3N3O2. The first-order valence-electron chi connectivity index (χ1n) is 5.47. The molecule has 0 unspecified atom stereocenters. The number of halogens is 3. The number of likely N-dealkylation sites (N-methyl/N-ethyl adjacent to an activating group) is 1. The molecule has 0 fully saturated rings. The van der Waals surface area contributed by atoms with E-state index in [1.165, 1.54) is 32.8 Å². The Kier molecular flexibility index (Phi) is 3.83. The van der Waals surface area contributed by atoms with Gasteiger partial charge in [-0.2, -0.15) is 13.2 Å². The number of aryl methyl sites for hydroxylation is 1. The fourth-order valence-electron chi connectivity index (χ4n) is 1.60. The van der Waals surface area contributed by atoms with E-state index in [1.807, 2.05) is 0 Å². The van der Waals surface area contributed by atoms with E-state index in [0.29, 0.717) is 4.68 Å². The number of ether oxygens (including phenoxy) is 1. The first-order valence-corrected chi connectivity index (χ1v) is 5.47. The number of rotatable bonds is 3. The Morgan fingerprint density at radius 2 is 1.89 bits per heavy atom.